The Bertz CT molecular complexity index is 1040. The lowest BCUT2D eigenvalue weighted by Crippen LogP contribution is -2.32. The molecule has 0 saturated carbocycles. The molecule has 0 fully saturated rings. The van der Waals surface area contributed by atoms with Gasteiger partial charge in [0.2, 0.25) is 11.8 Å². The summed E-state index contributed by atoms with van der Waals surface area (Å²) in [6.45, 7) is 6.27. The molecule has 27 heavy (non-hydrogen) atoms. The van der Waals surface area contributed by atoms with Gasteiger partial charge in [0.15, 0.2) is 0 Å². The number of H-pyrrole nitrogens is 1. The van der Waals surface area contributed by atoms with Crippen LogP contribution in [-0.4, -0.2) is 16.1 Å². The molecule has 3 aromatic rings. The quantitative estimate of drug-likeness (QED) is 0.663. The van der Waals surface area contributed by atoms with E-state index >= 15 is 0 Å². The fraction of sp³-hybridized carbons (Fsp3) is 0.286. The van der Waals surface area contributed by atoms with Gasteiger partial charge in [0.25, 0.3) is 0 Å². The van der Waals surface area contributed by atoms with Crippen molar-refractivity contribution in [2.75, 3.05) is 0 Å². The van der Waals surface area contributed by atoms with E-state index in [0.717, 1.165) is 22.4 Å². The van der Waals surface area contributed by atoms with E-state index in [2.05, 4.69) is 55.2 Å². The van der Waals surface area contributed by atoms with Crippen LogP contribution in [0.1, 0.15) is 39.6 Å². The van der Waals surface area contributed by atoms with Crippen LogP contribution in [0.3, 0.4) is 0 Å². The van der Waals surface area contributed by atoms with E-state index in [1.165, 1.54) is 9.75 Å². The summed E-state index contributed by atoms with van der Waals surface area (Å²) in [5, 5.41) is 25.5. The second-order valence-corrected chi connectivity index (χ2v) is 8.40. The first-order valence-electron chi connectivity index (χ1n) is 8.87. The van der Waals surface area contributed by atoms with Gasteiger partial charge in [-0.1, -0.05) is 37.3 Å². The van der Waals surface area contributed by atoms with Crippen LogP contribution in [0, 0.1) is 36.5 Å². The number of ether oxygens (including phenoxy) is 1. The summed E-state index contributed by atoms with van der Waals surface area (Å²) in [5.74, 6) is -0.437. The lowest BCUT2D eigenvalue weighted by atomic mass is 9.73. The van der Waals surface area contributed by atoms with Gasteiger partial charge < -0.3 is 4.74 Å². The van der Waals surface area contributed by atoms with Crippen LogP contribution in [0.5, 0.6) is 5.88 Å². The molecule has 1 aliphatic heterocycles. The molecule has 5 nitrogen and oxygen atoms in total. The third kappa shape index (κ3) is 2.84. The third-order valence-electron chi connectivity index (χ3n) is 5.26. The Morgan fingerprint density at radius 2 is 2.04 bits per heavy atom. The SMILES string of the molecule is Cc1cc(-c2[nH]nc3c2C(C(C)c2ccccc2)C(C#N)C(=N)O3)c(C)s1. The predicted octanol–water partition coefficient (Wildman–Crippen LogP) is 5.15. The average molecular weight is 376 g/mol. The number of benzene rings is 1. The number of fused-ring (bicyclic) bond motifs is 1. The van der Waals surface area contributed by atoms with E-state index in [1.54, 1.807) is 11.3 Å². The predicted molar refractivity (Wildman–Crippen MR) is 106 cm³/mol. The lowest BCUT2D eigenvalue weighted by Gasteiger charge is -2.32. The molecule has 3 atom stereocenters. The number of aromatic nitrogens is 2. The van der Waals surface area contributed by atoms with Gasteiger partial charge in [-0.2, -0.15) is 5.26 Å². The second-order valence-electron chi connectivity index (χ2n) is 6.94. The number of nitrogens with zero attached hydrogens (tertiary/aromatic N) is 2. The minimum atomic E-state index is -0.649. The molecule has 1 aromatic carbocycles. The molecule has 3 heterocycles. The first kappa shape index (κ1) is 17.5. The molecule has 0 bridgehead atoms. The molecule has 4 rings (SSSR count). The largest absolute Gasteiger partial charge is 0.422 e. The summed E-state index contributed by atoms with van der Waals surface area (Å²) in [6, 6.07) is 14.6. The first-order valence-corrected chi connectivity index (χ1v) is 9.69. The van der Waals surface area contributed by atoms with Crippen LogP contribution in [-0.2, 0) is 0 Å². The minimum absolute atomic E-state index is 0.0333. The molecular formula is C21H20N4OS. The van der Waals surface area contributed by atoms with E-state index in [-0.39, 0.29) is 17.7 Å². The molecular weight excluding hydrogens is 356 g/mol. The number of aryl methyl sites for hydroxylation is 2. The number of nitrogens with one attached hydrogen (secondary N) is 2. The molecule has 6 heteroatoms. The molecule has 2 aromatic heterocycles. The zero-order chi connectivity index (χ0) is 19.1. The Balaban J connectivity index is 1.91. The first-order chi connectivity index (χ1) is 13.0. The second kappa shape index (κ2) is 6.67. The van der Waals surface area contributed by atoms with E-state index in [0.29, 0.717) is 5.88 Å². The molecule has 0 spiro atoms. The number of thiophene rings is 1. The fourth-order valence-electron chi connectivity index (χ4n) is 3.94. The van der Waals surface area contributed by atoms with Crippen molar-refractivity contribution in [1.29, 1.82) is 10.7 Å². The van der Waals surface area contributed by atoms with Crippen molar-refractivity contribution in [3.05, 3.63) is 57.3 Å². The highest BCUT2D eigenvalue weighted by atomic mass is 32.1. The van der Waals surface area contributed by atoms with Gasteiger partial charge in [0.05, 0.1) is 11.8 Å². The summed E-state index contributed by atoms with van der Waals surface area (Å²) in [6.07, 6.45) is 0. The Morgan fingerprint density at radius 1 is 1.30 bits per heavy atom. The van der Waals surface area contributed by atoms with Crippen LogP contribution in [0.4, 0.5) is 0 Å². The van der Waals surface area contributed by atoms with Crippen LogP contribution in [0.2, 0.25) is 0 Å². The van der Waals surface area contributed by atoms with Gasteiger partial charge in [-0.15, -0.1) is 16.4 Å². The smallest absolute Gasteiger partial charge is 0.243 e. The van der Waals surface area contributed by atoms with Crippen molar-refractivity contribution in [1.82, 2.24) is 10.2 Å². The number of hydrogen-bond donors (Lipinski definition) is 2. The van der Waals surface area contributed by atoms with E-state index in [9.17, 15) is 5.26 Å². The highest BCUT2D eigenvalue weighted by Crippen LogP contribution is 2.49. The molecule has 1 aliphatic rings. The Morgan fingerprint density at radius 3 is 2.67 bits per heavy atom. The van der Waals surface area contributed by atoms with E-state index in [1.807, 2.05) is 18.2 Å². The van der Waals surface area contributed by atoms with E-state index < -0.39 is 5.92 Å². The zero-order valence-electron chi connectivity index (χ0n) is 15.4. The van der Waals surface area contributed by atoms with Crippen molar-refractivity contribution >= 4 is 17.2 Å². The molecule has 136 valence electrons. The van der Waals surface area contributed by atoms with Gasteiger partial charge in [-0.25, -0.2) is 0 Å². The number of nitriles is 1. The maximum absolute atomic E-state index is 9.81. The lowest BCUT2D eigenvalue weighted by molar-refractivity contribution is 0.393. The van der Waals surface area contributed by atoms with Gasteiger partial charge in [-0.3, -0.25) is 10.5 Å². The highest BCUT2D eigenvalue weighted by Gasteiger charge is 2.43. The Hall–Kier alpha value is -2.91. The van der Waals surface area contributed by atoms with Crippen LogP contribution >= 0.6 is 11.3 Å². The van der Waals surface area contributed by atoms with E-state index in [4.69, 9.17) is 10.1 Å². The van der Waals surface area contributed by atoms with Crippen molar-refractivity contribution in [3.63, 3.8) is 0 Å². The van der Waals surface area contributed by atoms with Crippen molar-refractivity contribution < 1.29 is 4.74 Å². The van der Waals surface area contributed by atoms with Crippen LogP contribution in [0.15, 0.2) is 36.4 Å². The summed E-state index contributed by atoms with van der Waals surface area (Å²) in [5.41, 5.74) is 4.01. The topological polar surface area (TPSA) is 85.5 Å². The third-order valence-corrected chi connectivity index (χ3v) is 6.23. The maximum atomic E-state index is 9.81. The summed E-state index contributed by atoms with van der Waals surface area (Å²) >= 11 is 1.74. The maximum Gasteiger partial charge on any atom is 0.243 e. The van der Waals surface area contributed by atoms with Gasteiger partial charge >= 0.3 is 0 Å². The van der Waals surface area contributed by atoms with Crippen molar-refractivity contribution in [2.24, 2.45) is 5.92 Å². The summed E-state index contributed by atoms with van der Waals surface area (Å²) in [4.78, 5) is 2.42. The van der Waals surface area contributed by atoms with Gasteiger partial charge in [-0.05, 0) is 31.4 Å². The summed E-state index contributed by atoms with van der Waals surface area (Å²) in [7, 11) is 0. The molecule has 2 N–H and O–H groups in total. The van der Waals surface area contributed by atoms with Crippen LogP contribution < -0.4 is 4.74 Å². The molecule has 0 saturated heterocycles. The van der Waals surface area contributed by atoms with Gasteiger partial charge in [0, 0.05) is 26.8 Å². The molecule has 3 unspecified atom stereocenters. The standard InChI is InChI=1S/C21H20N4OS/c1-11-9-15(13(3)27-11)19-18-17(12(2)14-7-5-4-6-8-14)16(10-22)20(23)26-21(18)25-24-19/h4-9,12,16-17,23H,1-3H3,(H,24,25). The Kier molecular flexibility index (Phi) is 4.33. The monoisotopic (exact) mass is 376 g/mol. The van der Waals surface area contributed by atoms with Crippen LogP contribution in [0.25, 0.3) is 11.3 Å². The molecule has 0 aliphatic carbocycles. The average Bonchev–Trinajstić information content (AvgIpc) is 3.22. The molecule has 0 amide bonds. The molecule has 0 radical (unpaired) electrons. The van der Waals surface area contributed by atoms with Gasteiger partial charge in [0.1, 0.15) is 5.92 Å². The normalized spacial score (nSPS) is 19.9. The van der Waals surface area contributed by atoms with Crippen molar-refractivity contribution in [2.45, 2.75) is 32.6 Å². The Labute approximate surface area is 162 Å². The highest BCUT2D eigenvalue weighted by molar-refractivity contribution is 7.12. The fourth-order valence-corrected chi connectivity index (χ4v) is 4.88. The number of aromatic amines is 1. The number of rotatable bonds is 3. The zero-order valence-corrected chi connectivity index (χ0v) is 16.2. The van der Waals surface area contributed by atoms with Crippen molar-refractivity contribution in [3.8, 4) is 23.2 Å². The minimum Gasteiger partial charge on any atom is -0.422 e. The number of hydrogen-bond acceptors (Lipinski definition) is 5. The summed E-state index contributed by atoms with van der Waals surface area (Å²) < 4.78 is 5.62.